The second kappa shape index (κ2) is 8.86. The van der Waals surface area contributed by atoms with E-state index in [-0.39, 0.29) is 30.1 Å². The lowest BCUT2D eigenvalue weighted by molar-refractivity contribution is 0.0946. The Labute approximate surface area is 151 Å². The van der Waals surface area contributed by atoms with Gasteiger partial charge in [-0.3, -0.25) is 9.69 Å². The van der Waals surface area contributed by atoms with Gasteiger partial charge in [-0.15, -0.1) is 5.10 Å². The first-order chi connectivity index (χ1) is 12.7. The van der Waals surface area contributed by atoms with Crippen LogP contribution in [-0.4, -0.2) is 57.1 Å². The highest BCUT2D eigenvalue weighted by atomic mass is 19.1. The average molecular weight is 361 g/mol. The lowest BCUT2D eigenvalue weighted by Gasteiger charge is -2.32. The van der Waals surface area contributed by atoms with Gasteiger partial charge in [0, 0.05) is 31.8 Å². The van der Waals surface area contributed by atoms with Crippen molar-refractivity contribution in [3.63, 3.8) is 0 Å². The third-order valence-corrected chi connectivity index (χ3v) is 4.57. The number of aromatic nitrogens is 3. The van der Waals surface area contributed by atoms with Crippen LogP contribution in [0.2, 0.25) is 0 Å². The van der Waals surface area contributed by atoms with Crippen LogP contribution < -0.4 is 5.32 Å². The predicted molar refractivity (Wildman–Crippen MR) is 94.0 cm³/mol. The van der Waals surface area contributed by atoms with Gasteiger partial charge in [0.05, 0.1) is 12.2 Å². The maximum absolute atomic E-state index is 13.9. The minimum atomic E-state index is -0.288. The van der Waals surface area contributed by atoms with Gasteiger partial charge >= 0.3 is 0 Å². The van der Waals surface area contributed by atoms with E-state index in [2.05, 4.69) is 20.5 Å². The molecule has 1 aromatic heterocycles. The van der Waals surface area contributed by atoms with Crippen molar-refractivity contribution in [1.29, 1.82) is 0 Å². The summed E-state index contributed by atoms with van der Waals surface area (Å²) in [6, 6.07) is 6.94. The van der Waals surface area contributed by atoms with Crippen molar-refractivity contribution < 1.29 is 14.3 Å². The number of hydrogen-bond acceptors (Lipinski definition) is 5. The number of piperidine rings is 1. The molecule has 8 heteroatoms. The summed E-state index contributed by atoms with van der Waals surface area (Å²) in [7, 11) is 0. The Bertz CT molecular complexity index is 736. The lowest BCUT2D eigenvalue weighted by atomic mass is 10.0. The van der Waals surface area contributed by atoms with Gasteiger partial charge in [-0.25, -0.2) is 9.07 Å². The van der Waals surface area contributed by atoms with Gasteiger partial charge in [-0.05, 0) is 31.9 Å². The standard InChI is InChI=1S/C18H24FN5O2/c19-16-7-2-1-5-14(16)11-23-9-3-6-15(12-23)24-13-17(21-22-24)18(26)20-8-4-10-25/h1-2,5,7,13,15,25H,3-4,6,8-12H2,(H,20,26). The Balaban J connectivity index is 1.59. The highest BCUT2D eigenvalue weighted by Gasteiger charge is 2.24. The molecule has 1 atom stereocenters. The molecule has 3 rings (SSSR count). The molecule has 0 bridgehead atoms. The average Bonchev–Trinajstić information content (AvgIpc) is 3.14. The Kier molecular flexibility index (Phi) is 6.30. The number of hydrogen-bond donors (Lipinski definition) is 2. The van der Waals surface area contributed by atoms with Crippen LogP contribution in [0.25, 0.3) is 0 Å². The van der Waals surface area contributed by atoms with Crippen molar-refractivity contribution in [2.75, 3.05) is 26.2 Å². The summed E-state index contributed by atoms with van der Waals surface area (Å²) >= 11 is 0. The van der Waals surface area contributed by atoms with Crippen molar-refractivity contribution >= 4 is 5.91 Å². The molecule has 1 saturated heterocycles. The third kappa shape index (κ3) is 4.64. The van der Waals surface area contributed by atoms with E-state index in [4.69, 9.17) is 5.11 Å². The van der Waals surface area contributed by atoms with Gasteiger partial charge in [0.2, 0.25) is 0 Å². The minimum absolute atomic E-state index is 0.0346. The molecule has 1 aliphatic heterocycles. The van der Waals surface area contributed by atoms with Crippen molar-refractivity contribution in [1.82, 2.24) is 25.2 Å². The SMILES string of the molecule is O=C(NCCCO)c1cn(C2CCCN(Cc3ccccc3F)C2)nn1. The predicted octanol–water partition coefficient (Wildman–Crippen LogP) is 1.37. The van der Waals surface area contributed by atoms with E-state index in [1.807, 2.05) is 12.1 Å². The molecule has 2 heterocycles. The molecule has 0 radical (unpaired) electrons. The van der Waals surface area contributed by atoms with E-state index in [0.717, 1.165) is 25.9 Å². The summed E-state index contributed by atoms with van der Waals surface area (Å²) in [5, 5.41) is 19.5. The first kappa shape index (κ1) is 18.5. The highest BCUT2D eigenvalue weighted by molar-refractivity contribution is 5.91. The molecule has 2 aromatic rings. The topological polar surface area (TPSA) is 83.3 Å². The van der Waals surface area contributed by atoms with Crippen LogP contribution >= 0.6 is 0 Å². The third-order valence-electron chi connectivity index (χ3n) is 4.57. The van der Waals surface area contributed by atoms with Crippen LogP contribution in [0.1, 0.15) is 41.4 Å². The van der Waals surface area contributed by atoms with Gasteiger partial charge in [0.1, 0.15) is 5.82 Å². The minimum Gasteiger partial charge on any atom is -0.396 e. The van der Waals surface area contributed by atoms with E-state index in [1.165, 1.54) is 6.07 Å². The number of likely N-dealkylation sites (tertiary alicyclic amines) is 1. The summed E-state index contributed by atoms with van der Waals surface area (Å²) in [6.45, 7) is 2.65. The van der Waals surface area contributed by atoms with E-state index < -0.39 is 0 Å². The summed E-state index contributed by atoms with van der Waals surface area (Å²) in [4.78, 5) is 14.2. The van der Waals surface area contributed by atoms with E-state index in [0.29, 0.717) is 25.1 Å². The van der Waals surface area contributed by atoms with Gasteiger partial charge in [0.25, 0.3) is 5.91 Å². The molecule has 1 aliphatic rings. The van der Waals surface area contributed by atoms with E-state index >= 15 is 0 Å². The lowest BCUT2D eigenvalue weighted by Crippen LogP contribution is -2.36. The second-order valence-corrected chi connectivity index (χ2v) is 6.54. The zero-order valence-corrected chi connectivity index (χ0v) is 14.6. The smallest absolute Gasteiger partial charge is 0.273 e. The number of amides is 1. The highest BCUT2D eigenvalue weighted by Crippen LogP contribution is 2.23. The van der Waals surface area contributed by atoms with Crippen LogP contribution in [-0.2, 0) is 6.54 Å². The molecule has 26 heavy (non-hydrogen) atoms. The maximum Gasteiger partial charge on any atom is 0.273 e. The fourth-order valence-corrected chi connectivity index (χ4v) is 3.19. The Morgan fingerprint density at radius 2 is 2.23 bits per heavy atom. The number of nitrogens with zero attached hydrogens (tertiary/aromatic N) is 4. The van der Waals surface area contributed by atoms with Crippen LogP contribution in [0.4, 0.5) is 4.39 Å². The first-order valence-electron chi connectivity index (χ1n) is 8.94. The number of halogens is 1. The second-order valence-electron chi connectivity index (χ2n) is 6.54. The normalized spacial score (nSPS) is 18.0. The summed E-state index contributed by atoms with van der Waals surface area (Å²) in [6.07, 6.45) is 4.10. The molecule has 1 amide bonds. The van der Waals surface area contributed by atoms with Crippen molar-refractivity contribution in [2.24, 2.45) is 0 Å². The van der Waals surface area contributed by atoms with Gasteiger partial charge in [-0.2, -0.15) is 0 Å². The number of nitrogens with one attached hydrogen (secondary N) is 1. The summed E-state index contributed by atoms with van der Waals surface area (Å²) in [5.74, 6) is -0.471. The summed E-state index contributed by atoms with van der Waals surface area (Å²) < 4.78 is 15.6. The van der Waals surface area contributed by atoms with Gasteiger partial charge < -0.3 is 10.4 Å². The molecular formula is C18H24FN5O2. The van der Waals surface area contributed by atoms with Gasteiger partial charge in [-0.1, -0.05) is 23.4 Å². The maximum atomic E-state index is 13.9. The molecule has 1 unspecified atom stereocenters. The molecule has 1 aromatic carbocycles. The molecule has 1 fully saturated rings. The number of rotatable bonds is 7. The van der Waals surface area contributed by atoms with Crippen molar-refractivity contribution in [3.05, 3.63) is 47.5 Å². The molecule has 0 aliphatic carbocycles. The summed E-state index contributed by atoms with van der Waals surface area (Å²) in [5.41, 5.74) is 0.963. The first-order valence-corrected chi connectivity index (χ1v) is 8.94. The quantitative estimate of drug-likeness (QED) is 0.728. The van der Waals surface area contributed by atoms with Crippen molar-refractivity contribution in [2.45, 2.75) is 31.8 Å². The molecule has 140 valence electrons. The Hall–Kier alpha value is -2.32. The number of aliphatic hydroxyl groups excluding tert-OH is 1. The fraction of sp³-hybridized carbons (Fsp3) is 0.500. The van der Waals surface area contributed by atoms with Crippen LogP contribution in [0.15, 0.2) is 30.5 Å². The van der Waals surface area contributed by atoms with Crippen LogP contribution in [0, 0.1) is 5.82 Å². The Morgan fingerprint density at radius 1 is 1.38 bits per heavy atom. The van der Waals surface area contributed by atoms with Gasteiger partial charge in [0.15, 0.2) is 5.69 Å². The Morgan fingerprint density at radius 3 is 3.04 bits per heavy atom. The molecular weight excluding hydrogens is 337 g/mol. The molecule has 7 nitrogen and oxygen atoms in total. The molecule has 0 spiro atoms. The zero-order chi connectivity index (χ0) is 18.4. The monoisotopic (exact) mass is 361 g/mol. The number of aliphatic hydroxyl groups is 1. The molecule has 2 N–H and O–H groups in total. The largest absolute Gasteiger partial charge is 0.396 e. The zero-order valence-electron chi connectivity index (χ0n) is 14.6. The number of carbonyl (C=O) groups is 1. The van der Waals surface area contributed by atoms with Crippen LogP contribution in [0.3, 0.4) is 0 Å². The van der Waals surface area contributed by atoms with Crippen LogP contribution in [0.5, 0.6) is 0 Å². The van der Waals surface area contributed by atoms with Crippen molar-refractivity contribution in [3.8, 4) is 0 Å². The number of carbonyl (C=O) groups excluding carboxylic acids is 1. The molecule has 0 saturated carbocycles. The van der Waals surface area contributed by atoms with E-state index in [1.54, 1.807) is 16.9 Å². The van der Waals surface area contributed by atoms with E-state index in [9.17, 15) is 9.18 Å². The number of benzene rings is 1. The fourth-order valence-electron chi connectivity index (χ4n) is 3.19.